The predicted octanol–water partition coefficient (Wildman–Crippen LogP) is 6.77. The second-order valence-electron chi connectivity index (χ2n) is 10.1. The van der Waals surface area contributed by atoms with Crippen LogP contribution in [0.3, 0.4) is 0 Å². The Morgan fingerprint density at radius 2 is 1.76 bits per heavy atom. The molecule has 0 aliphatic carbocycles. The van der Waals surface area contributed by atoms with Crippen LogP contribution in [0.5, 0.6) is 5.75 Å². The Morgan fingerprint density at radius 1 is 0.947 bits per heavy atom. The Labute approximate surface area is 225 Å². The molecular weight excluding hydrogens is 474 g/mol. The molecule has 5 rings (SSSR count). The summed E-state index contributed by atoms with van der Waals surface area (Å²) in [6.45, 7) is 2.82. The van der Waals surface area contributed by atoms with Crippen LogP contribution in [0, 0.1) is 5.92 Å². The molecule has 0 spiro atoms. The van der Waals surface area contributed by atoms with Crippen LogP contribution in [0.2, 0.25) is 0 Å². The molecular formula is C31H39N5O2. The van der Waals surface area contributed by atoms with Crippen molar-refractivity contribution in [2.45, 2.75) is 57.9 Å². The molecule has 4 bridgehead atoms. The lowest BCUT2D eigenvalue weighted by Crippen LogP contribution is -2.15. The van der Waals surface area contributed by atoms with Crippen molar-refractivity contribution in [1.82, 2.24) is 9.97 Å². The van der Waals surface area contributed by atoms with E-state index in [-0.39, 0.29) is 0 Å². The Hall–Kier alpha value is -3.45. The van der Waals surface area contributed by atoms with Crippen molar-refractivity contribution < 1.29 is 9.47 Å². The summed E-state index contributed by atoms with van der Waals surface area (Å²) in [4.78, 5) is 14.6. The van der Waals surface area contributed by atoms with Crippen LogP contribution in [0.4, 0.5) is 11.8 Å². The highest BCUT2D eigenvalue weighted by molar-refractivity contribution is 6.08. The van der Waals surface area contributed by atoms with Gasteiger partial charge < -0.3 is 20.1 Å². The minimum atomic E-state index is 0.400. The second-order valence-corrected chi connectivity index (χ2v) is 10.1. The summed E-state index contributed by atoms with van der Waals surface area (Å²) in [6, 6.07) is 16.3. The van der Waals surface area contributed by atoms with Gasteiger partial charge in [-0.05, 0) is 50.0 Å². The Kier molecular flexibility index (Phi) is 9.21. The molecule has 2 aliphatic rings. The lowest BCUT2D eigenvalue weighted by molar-refractivity contribution is 0.161. The molecule has 7 nitrogen and oxygen atoms in total. The average molecular weight is 514 g/mol. The second kappa shape index (κ2) is 13.4. The molecule has 0 saturated carbocycles. The average Bonchev–Trinajstić information content (AvgIpc) is 3.12. The molecule has 38 heavy (non-hydrogen) atoms. The first-order chi connectivity index (χ1) is 18.8. The molecule has 2 aliphatic heterocycles. The molecule has 200 valence electrons. The number of fused-ring (bicyclic) bond motifs is 6. The van der Waals surface area contributed by atoms with Gasteiger partial charge in [0.15, 0.2) is 0 Å². The van der Waals surface area contributed by atoms with Gasteiger partial charge in [0.05, 0.1) is 18.7 Å². The third-order valence-corrected chi connectivity index (χ3v) is 7.35. The van der Waals surface area contributed by atoms with Crippen LogP contribution in [-0.4, -0.2) is 42.7 Å². The van der Waals surface area contributed by atoms with Crippen molar-refractivity contribution in [2.24, 2.45) is 10.9 Å². The van der Waals surface area contributed by atoms with Gasteiger partial charge in [0.2, 0.25) is 5.95 Å². The van der Waals surface area contributed by atoms with Crippen molar-refractivity contribution in [2.75, 3.05) is 37.5 Å². The monoisotopic (exact) mass is 513 g/mol. The zero-order valence-electron chi connectivity index (χ0n) is 22.4. The molecule has 1 unspecified atom stereocenters. The summed E-state index contributed by atoms with van der Waals surface area (Å²) in [5.74, 6) is 3.52. The van der Waals surface area contributed by atoms with Crippen LogP contribution in [0.1, 0.15) is 56.9 Å². The number of aromatic nitrogens is 2. The number of anilines is 2. The highest BCUT2D eigenvalue weighted by atomic mass is 16.5. The van der Waals surface area contributed by atoms with E-state index < -0.39 is 0 Å². The van der Waals surface area contributed by atoms with E-state index in [4.69, 9.17) is 24.4 Å². The SMILES string of the molecule is COCC1CCN=C2C=C1CCCCCCCCOc1ccccc1CNc1nc(c3ccccc3n1)N2. The fourth-order valence-electron chi connectivity index (χ4n) is 5.27. The first kappa shape index (κ1) is 26.2. The minimum absolute atomic E-state index is 0.400. The minimum Gasteiger partial charge on any atom is -0.493 e. The summed E-state index contributed by atoms with van der Waals surface area (Å²) >= 11 is 0. The van der Waals surface area contributed by atoms with Crippen LogP contribution >= 0.6 is 0 Å². The first-order valence-electron chi connectivity index (χ1n) is 14.0. The molecule has 1 atom stereocenters. The molecule has 3 heterocycles. The maximum Gasteiger partial charge on any atom is 0.225 e. The van der Waals surface area contributed by atoms with Gasteiger partial charge in [-0.25, -0.2) is 4.98 Å². The number of nitrogens with zero attached hydrogens (tertiary/aromatic N) is 3. The van der Waals surface area contributed by atoms with E-state index in [2.05, 4.69) is 28.8 Å². The van der Waals surface area contributed by atoms with Gasteiger partial charge in [0.25, 0.3) is 0 Å². The number of amidine groups is 1. The smallest absolute Gasteiger partial charge is 0.225 e. The van der Waals surface area contributed by atoms with E-state index in [0.717, 1.165) is 72.9 Å². The van der Waals surface area contributed by atoms with Gasteiger partial charge in [0.1, 0.15) is 17.4 Å². The van der Waals surface area contributed by atoms with E-state index in [1.54, 1.807) is 7.11 Å². The molecule has 2 aromatic carbocycles. The summed E-state index contributed by atoms with van der Waals surface area (Å²) in [5, 5.41) is 7.96. The van der Waals surface area contributed by atoms with Crippen molar-refractivity contribution >= 4 is 28.5 Å². The molecule has 0 radical (unpaired) electrons. The molecule has 1 aromatic heterocycles. The van der Waals surface area contributed by atoms with E-state index in [1.807, 2.05) is 36.4 Å². The molecule has 0 amide bonds. The fraction of sp³-hybridized carbons (Fsp3) is 0.452. The molecule has 3 aromatic rings. The van der Waals surface area contributed by atoms with Gasteiger partial charge in [-0.3, -0.25) is 4.99 Å². The summed E-state index contributed by atoms with van der Waals surface area (Å²) < 4.78 is 11.7. The van der Waals surface area contributed by atoms with Gasteiger partial charge in [-0.15, -0.1) is 0 Å². The maximum absolute atomic E-state index is 6.17. The van der Waals surface area contributed by atoms with Crippen LogP contribution in [0.25, 0.3) is 10.9 Å². The topological polar surface area (TPSA) is 80.7 Å². The quantitative estimate of drug-likeness (QED) is 0.394. The normalized spacial score (nSPS) is 19.4. The van der Waals surface area contributed by atoms with Crippen LogP contribution < -0.4 is 15.4 Å². The molecule has 7 heteroatoms. The highest BCUT2D eigenvalue weighted by Gasteiger charge is 2.19. The maximum atomic E-state index is 6.17. The van der Waals surface area contributed by atoms with E-state index in [0.29, 0.717) is 18.4 Å². The number of nitrogens with one attached hydrogen (secondary N) is 2. The lowest BCUT2D eigenvalue weighted by atomic mass is 9.91. The standard InChI is InChI=1S/C31H39N5O2/c1-37-22-25-17-18-32-29-20-23(25)12-6-4-2-3-5-11-19-38-28-16-10-7-13-24(28)21-33-31-34-27-15-9-8-14-26(27)30(35-29)36-31/h7-10,13-16,20,25H,2-6,11-12,17-19,21-22H2,1H3,(H2,32,33,34,35,36). The van der Waals surface area contributed by atoms with E-state index >= 15 is 0 Å². The first-order valence-corrected chi connectivity index (χ1v) is 14.0. The summed E-state index contributed by atoms with van der Waals surface area (Å²) in [7, 11) is 1.79. The Bertz CT molecular complexity index is 1270. The number of ether oxygens (including phenoxy) is 2. The van der Waals surface area contributed by atoms with Gasteiger partial charge >= 0.3 is 0 Å². The predicted molar refractivity (Wildman–Crippen MR) is 155 cm³/mol. The summed E-state index contributed by atoms with van der Waals surface area (Å²) in [6.07, 6.45) is 11.5. The van der Waals surface area contributed by atoms with Crippen molar-refractivity contribution in [3.8, 4) is 5.75 Å². The molecule has 0 fully saturated rings. The zero-order chi connectivity index (χ0) is 26.0. The van der Waals surface area contributed by atoms with Crippen LogP contribution in [0.15, 0.2) is 65.2 Å². The number of rotatable bonds is 2. The van der Waals surface area contributed by atoms with Gasteiger partial charge in [0, 0.05) is 37.1 Å². The number of hydrogen-bond acceptors (Lipinski definition) is 7. The third kappa shape index (κ3) is 6.90. The number of methoxy groups -OCH3 is 1. The number of aliphatic imine (C=N–C) groups is 1. The van der Waals surface area contributed by atoms with E-state index in [9.17, 15) is 0 Å². The van der Waals surface area contributed by atoms with Crippen LogP contribution in [-0.2, 0) is 11.3 Å². The van der Waals surface area contributed by atoms with Crippen molar-refractivity contribution in [1.29, 1.82) is 0 Å². The third-order valence-electron chi connectivity index (χ3n) is 7.35. The Balaban J connectivity index is 1.47. The van der Waals surface area contributed by atoms with Crippen molar-refractivity contribution in [3.05, 3.63) is 65.7 Å². The zero-order valence-corrected chi connectivity index (χ0v) is 22.4. The molecule has 0 saturated heterocycles. The highest BCUT2D eigenvalue weighted by Crippen LogP contribution is 2.27. The van der Waals surface area contributed by atoms with Gasteiger partial charge in [-0.1, -0.05) is 61.6 Å². The largest absolute Gasteiger partial charge is 0.493 e. The number of para-hydroxylation sites is 2. The fourth-order valence-corrected chi connectivity index (χ4v) is 5.27. The van der Waals surface area contributed by atoms with Crippen molar-refractivity contribution in [3.63, 3.8) is 0 Å². The van der Waals surface area contributed by atoms with Gasteiger partial charge in [-0.2, -0.15) is 4.98 Å². The summed E-state index contributed by atoms with van der Waals surface area (Å²) in [5.41, 5.74) is 3.40. The molecule has 2 N–H and O–H groups in total. The van der Waals surface area contributed by atoms with E-state index in [1.165, 1.54) is 37.7 Å². The Morgan fingerprint density at radius 3 is 2.68 bits per heavy atom. The number of benzene rings is 2. The number of hydrogen-bond donors (Lipinski definition) is 2. The lowest BCUT2D eigenvalue weighted by Gasteiger charge is -2.18.